The van der Waals surface area contributed by atoms with Crippen LogP contribution in [0.4, 0.5) is 5.69 Å². The van der Waals surface area contributed by atoms with Crippen LogP contribution in [0.25, 0.3) is 10.2 Å². The molecule has 0 fully saturated rings. The number of nitrogens with zero attached hydrogens (tertiary/aromatic N) is 4. The summed E-state index contributed by atoms with van der Waals surface area (Å²) in [5.74, 6) is -0.306. The summed E-state index contributed by atoms with van der Waals surface area (Å²) in [5, 5.41) is 9.48. The smallest absolute Gasteiger partial charge is 0.349 e. The number of ether oxygens (including phenoxy) is 1. The van der Waals surface area contributed by atoms with Crippen molar-refractivity contribution in [1.82, 2.24) is 9.55 Å². The molecule has 1 aliphatic heterocycles. The Bertz CT molecular complexity index is 1380. The third-order valence-corrected chi connectivity index (χ3v) is 7.36. The Balaban J connectivity index is 1.56. The summed E-state index contributed by atoms with van der Waals surface area (Å²) in [6.07, 6.45) is 3.88. The fourth-order valence-corrected chi connectivity index (χ4v) is 5.63. The van der Waals surface area contributed by atoms with Crippen LogP contribution in [-0.2, 0) is 22.5 Å². The van der Waals surface area contributed by atoms with E-state index in [9.17, 15) is 14.4 Å². The van der Waals surface area contributed by atoms with E-state index in [2.05, 4.69) is 11.1 Å². The molecule has 0 radical (unpaired) electrons. The maximum atomic E-state index is 13.1. The number of hydrogen-bond donors (Lipinski definition) is 0. The van der Waals surface area contributed by atoms with Crippen LogP contribution in [0.15, 0.2) is 23.0 Å². The second-order valence-corrected chi connectivity index (χ2v) is 9.91. The van der Waals surface area contributed by atoms with Gasteiger partial charge in [-0.1, -0.05) is 12.5 Å². The van der Waals surface area contributed by atoms with Crippen molar-refractivity contribution < 1.29 is 14.3 Å². The van der Waals surface area contributed by atoms with E-state index in [1.165, 1.54) is 4.90 Å². The summed E-state index contributed by atoms with van der Waals surface area (Å²) in [5.41, 5.74) is 3.06. The highest BCUT2D eigenvalue weighted by Crippen LogP contribution is 2.29. The summed E-state index contributed by atoms with van der Waals surface area (Å²) < 4.78 is 7.12. The Hall–Kier alpha value is -3.51. The van der Waals surface area contributed by atoms with Gasteiger partial charge >= 0.3 is 5.97 Å². The number of carbonyl (C=O) groups excluding carboxylic acids is 2. The van der Waals surface area contributed by atoms with Crippen molar-refractivity contribution in [3.63, 3.8) is 0 Å². The summed E-state index contributed by atoms with van der Waals surface area (Å²) in [6.45, 7) is 5.96. The highest BCUT2D eigenvalue weighted by Gasteiger charge is 2.25. The van der Waals surface area contributed by atoms with Gasteiger partial charge in [-0.25, -0.2) is 9.78 Å². The lowest BCUT2D eigenvalue weighted by molar-refractivity contribution is -0.121. The lowest BCUT2D eigenvalue weighted by Crippen LogP contribution is -2.35. The van der Waals surface area contributed by atoms with Crippen LogP contribution in [0.2, 0.25) is 0 Å². The quantitative estimate of drug-likeness (QED) is 0.477. The standard InChI is InChI=1S/C26H28N4O4S/c1-16-12-17(2)14-19(13-16)29(11-7-9-27)21(31)15-34-26(33)23-18(3)22-24(35-23)28-20-8-5-4-6-10-30(20)25(22)32/h12-14H,4-8,10-11,15H2,1-3H3. The zero-order valence-corrected chi connectivity index (χ0v) is 21.0. The van der Waals surface area contributed by atoms with E-state index in [4.69, 9.17) is 10.00 Å². The van der Waals surface area contributed by atoms with Gasteiger partial charge in [-0.2, -0.15) is 5.26 Å². The number of esters is 1. The highest BCUT2D eigenvalue weighted by atomic mass is 32.1. The minimum atomic E-state index is -0.654. The predicted octanol–water partition coefficient (Wildman–Crippen LogP) is 4.21. The molecule has 0 N–H and O–H groups in total. The second-order valence-electron chi connectivity index (χ2n) is 8.91. The Morgan fingerprint density at radius 1 is 1.17 bits per heavy atom. The molecule has 0 spiro atoms. The largest absolute Gasteiger partial charge is 0.451 e. The van der Waals surface area contributed by atoms with Crippen LogP contribution in [0, 0.1) is 32.1 Å². The molecular weight excluding hydrogens is 464 g/mol. The van der Waals surface area contributed by atoms with Gasteiger partial charge in [0.1, 0.15) is 15.5 Å². The van der Waals surface area contributed by atoms with Gasteiger partial charge in [0.25, 0.3) is 11.5 Å². The summed E-state index contributed by atoms with van der Waals surface area (Å²) in [6, 6.07) is 7.78. The van der Waals surface area contributed by atoms with Crippen molar-refractivity contribution in [2.24, 2.45) is 0 Å². The van der Waals surface area contributed by atoms with Crippen molar-refractivity contribution in [2.45, 2.75) is 59.4 Å². The van der Waals surface area contributed by atoms with Gasteiger partial charge in [-0.15, -0.1) is 11.3 Å². The van der Waals surface area contributed by atoms with E-state index in [1.54, 1.807) is 11.5 Å². The van der Waals surface area contributed by atoms with Gasteiger partial charge < -0.3 is 9.64 Å². The van der Waals surface area contributed by atoms with Gasteiger partial charge in [0, 0.05) is 25.2 Å². The summed E-state index contributed by atoms with van der Waals surface area (Å²) >= 11 is 1.13. The summed E-state index contributed by atoms with van der Waals surface area (Å²) in [4.78, 5) is 46.1. The molecule has 4 rings (SSSR count). The average molecular weight is 493 g/mol. The maximum absolute atomic E-state index is 13.1. The average Bonchev–Trinajstić information content (AvgIpc) is 2.98. The van der Waals surface area contributed by atoms with E-state index >= 15 is 0 Å². The lowest BCUT2D eigenvalue weighted by Gasteiger charge is -2.22. The van der Waals surface area contributed by atoms with Gasteiger partial charge in [0.15, 0.2) is 6.61 Å². The molecule has 0 saturated heterocycles. The fourth-order valence-electron chi connectivity index (χ4n) is 4.54. The van der Waals surface area contributed by atoms with Crippen molar-refractivity contribution in [1.29, 1.82) is 5.26 Å². The van der Waals surface area contributed by atoms with Crippen LogP contribution < -0.4 is 10.5 Å². The predicted molar refractivity (Wildman–Crippen MR) is 135 cm³/mol. The topological polar surface area (TPSA) is 105 Å². The van der Waals surface area contributed by atoms with E-state index < -0.39 is 18.5 Å². The molecule has 1 amide bonds. The minimum absolute atomic E-state index is 0.117. The first-order valence-electron chi connectivity index (χ1n) is 11.8. The number of nitriles is 1. The molecular formula is C26H28N4O4S. The van der Waals surface area contributed by atoms with E-state index in [0.717, 1.165) is 54.0 Å². The Labute approximate surface area is 207 Å². The number of thiophene rings is 1. The Kier molecular flexibility index (Phi) is 7.31. The van der Waals surface area contributed by atoms with Crippen molar-refractivity contribution in [3.8, 4) is 6.07 Å². The van der Waals surface area contributed by atoms with E-state index in [1.807, 2.05) is 32.0 Å². The fraction of sp³-hybridized carbons (Fsp3) is 0.423. The molecule has 2 aromatic heterocycles. The zero-order chi connectivity index (χ0) is 25.1. The first kappa shape index (κ1) is 24.6. The van der Waals surface area contributed by atoms with Crippen molar-refractivity contribution >= 4 is 39.1 Å². The van der Waals surface area contributed by atoms with Gasteiger partial charge in [-0.3, -0.25) is 14.2 Å². The molecule has 0 atom stereocenters. The first-order chi connectivity index (χ1) is 16.8. The maximum Gasteiger partial charge on any atom is 0.349 e. The molecule has 3 aromatic rings. The van der Waals surface area contributed by atoms with Crippen molar-refractivity contribution in [3.05, 3.63) is 55.9 Å². The van der Waals surface area contributed by atoms with Crippen LogP contribution in [-0.4, -0.2) is 34.6 Å². The number of aryl methyl sites for hydroxylation is 4. The molecule has 9 heteroatoms. The molecule has 0 aliphatic carbocycles. The van der Waals surface area contributed by atoms with Crippen LogP contribution in [0.3, 0.4) is 0 Å². The molecule has 0 unspecified atom stereocenters. The number of benzene rings is 1. The lowest BCUT2D eigenvalue weighted by atomic mass is 10.1. The number of hydrogen-bond acceptors (Lipinski definition) is 7. The van der Waals surface area contributed by atoms with Crippen LogP contribution >= 0.6 is 11.3 Å². The van der Waals surface area contributed by atoms with Crippen LogP contribution in [0.5, 0.6) is 0 Å². The number of carbonyl (C=O) groups is 2. The molecule has 8 nitrogen and oxygen atoms in total. The van der Waals surface area contributed by atoms with Gasteiger partial charge in [0.05, 0.1) is 17.9 Å². The van der Waals surface area contributed by atoms with E-state index in [-0.39, 0.29) is 23.4 Å². The van der Waals surface area contributed by atoms with Crippen molar-refractivity contribution in [2.75, 3.05) is 18.1 Å². The van der Waals surface area contributed by atoms with Crippen LogP contribution in [0.1, 0.15) is 57.9 Å². The van der Waals surface area contributed by atoms with Gasteiger partial charge in [-0.05, 0) is 62.4 Å². The number of aromatic nitrogens is 2. The zero-order valence-electron chi connectivity index (χ0n) is 20.2. The van der Waals surface area contributed by atoms with E-state index in [0.29, 0.717) is 28.0 Å². The third-order valence-electron chi connectivity index (χ3n) is 6.19. The first-order valence-corrected chi connectivity index (χ1v) is 12.6. The molecule has 182 valence electrons. The molecule has 1 aliphatic rings. The number of amides is 1. The second kappa shape index (κ2) is 10.4. The highest BCUT2D eigenvalue weighted by molar-refractivity contribution is 7.20. The Morgan fingerprint density at radius 2 is 1.91 bits per heavy atom. The minimum Gasteiger partial charge on any atom is -0.451 e. The molecule has 0 saturated carbocycles. The SMILES string of the molecule is Cc1cc(C)cc(N(CCC#N)C(=O)COC(=O)c2sc3nc4n(c(=O)c3c2C)CCCCC4)c1. The monoisotopic (exact) mass is 492 g/mol. The number of fused-ring (bicyclic) bond motifs is 2. The Morgan fingerprint density at radius 3 is 2.63 bits per heavy atom. The number of rotatable bonds is 6. The normalized spacial score (nSPS) is 13.1. The molecule has 35 heavy (non-hydrogen) atoms. The molecule has 3 heterocycles. The molecule has 0 bridgehead atoms. The summed E-state index contributed by atoms with van der Waals surface area (Å²) in [7, 11) is 0. The van der Waals surface area contributed by atoms with Gasteiger partial charge in [0.2, 0.25) is 0 Å². The molecule has 1 aromatic carbocycles. The third kappa shape index (κ3) is 5.13. The number of anilines is 1.